The van der Waals surface area contributed by atoms with Crippen LogP contribution in [0.4, 0.5) is 37.9 Å². The minimum atomic E-state index is -0.538. The van der Waals surface area contributed by atoms with Gasteiger partial charge < -0.3 is 29.9 Å². The van der Waals surface area contributed by atoms with Gasteiger partial charge >= 0.3 is 12.0 Å². The normalized spacial score (nSPS) is 20.4. The van der Waals surface area contributed by atoms with Gasteiger partial charge in [-0.05, 0) is 77.6 Å². The molecule has 1 unspecified atom stereocenters. The van der Waals surface area contributed by atoms with E-state index in [0.717, 1.165) is 56.8 Å². The number of ether oxygens (including phenoxy) is 2. The van der Waals surface area contributed by atoms with Crippen molar-refractivity contribution in [2.45, 2.75) is 65.1 Å². The lowest BCUT2D eigenvalue weighted by Crippen LogP contribution is -2.44. The van der Waals surface area contributed by atoms with Crippen LogP contribution in [0.25, 0.3) is 0 Å². The van der Waals surface area contributed by atoms with Crippen molar-refractivity contribution in [1.29, 1.82) is 0 Å². The number of piperidine rings is 1. The fourth-order valence-corrected chi connectivity index (χ4v) is 5.81. The molecule has 45 heavy (non-hydrogen) atoms. The summed E-state index contributed by atoms with van der Waals surface area (Å²) in [4.78, 5) is 40.8. The number of hydrazine groups is 1. The van der Waals surface area contributed by atoms with Crippen LogP contribution >= 0.6 is 0 Å². The van der Waals surface area contributed by atoms with Crippen molar-refractivity contribution >= 4 is 40.7 Å². The lowest BCUT2D eigenvalue weighted by atomic mass is 9.97. The number of halogens is 1. The molecule has 3 aliphatic heterocycles. The van der Waals surface area contributed by atoms with Crippen LogP contribution in [0.1, 0.15) is 52.9 Å². The zero-order valence-corrected chi connectivity index (χ0v) is 26.9. The fraction of sp³-hybridized carbons (Fsp3) is 0.613. The average Bonchev–Trinajstić information content (AvgIpc) is 3.35. The van der Waals surface area contributed by atoms with E-state index in [4.69, 9.17) is 9.47 Å². The number of anilines is 5. The molecule has 1 aromatic carbocycles. The highest BCUT2D eigenvalue weighted by Crippen LogP contribution is 2.40. The Morgan fingerprint density at radius 3 is 2.73 bits per heavy atom. The first-order chi connectivity index (χ1) is 21.5. The Morgan fingerprint density at radius 1 is 1.16 bits per heavy atom. The Bertz CT molecular complexity index is 1350. The van der Waals surface area contributed by atoms with Gasteiger partial charge in [0, 0.05) is 39.8 Å². The molecule has 3 N–H and O–H groups in total. The molecule has 13 nitrogen and oxygen atoms in total. The summed E-state index contributed by atoms with van der Waals surface area (Å²) in [5.74, 6) is 0.622. The number of likely N-dealkylation sites (tertiary alicyclic amines) is 1. The van der Waals surface area contributed by atoms with Crippen LogP contribution in [0.5, 0.6) is 0 Å². The van der Waals surface area contributed by atoms with E-state index < -0.39 is 17.3 Å². The van der Waals surface area contributed by atoms with Crippen LogP contribution < -0.4 is 25.9 Å². The number of urea groups is 1. The van der Waals surface area contributed by atoms with Crippen LogP contribution in [-0.4, -0.2) is 97.8 Å². The second-order valence-corrected chi connectivity index (χ2v) is 13.0. The first-order valence-corrected chi connectivity index (χ1v) is 15.7. The van der Waals surface area contributed by atoms with Crippen molar-refractivity contribution in [3.63, 3.8) is 0 Å². The average molecular weight is 628 g/mol. The number of fused-ring (bicyclic) bond motifs is 1. The predicted molar refractivity (Wildman–Crippen MR) is 172 cm³/mol. The van der Waals surface area contributed by atoms with Gasteiger partial charge in [0.1, 0.15) is 30.7 Å². The van der Waals surface area contributed by atoms with E-state index in [1.54, 1.807) is 13.1 Å². The van der Waals surface area contributed by atoms with Crippen LogP contribution in [0.15, 0.2) is 24.5 Å². The summed E-state index contributed by atoms with van der Waals surface area (Å²) in [6.07, 6.45) is 6.36. The maximum absolute atomic E-state index is 14.4. The molecular weight excluding hydrogens is 581 g/mol. The summed E-state index contributed by atoms with van der Waals surface area (Å²) < 4.78 is 25.8. The van der Waals surface area contributed by atoms with Crippen LogP contribution in [0.3, 0.4) is 0 Å². The van der Waals surface area contributed by atoms with Gasteiger partial charge in [-0.15, -0.1) is 0 Å². The Balaban J connectivity index is 1.20. The molecule has 2 saturated heterocycles. The molecule has 0 saturated carbocycles. The van der Waals surface area contributed by atoms with Gasteiger partial charge in [-0.1, -0.05) is 0 Å². The largest absolute Gasteiger partial charge is 0.464 e. The molecule has 0 bridgehead atoms. The molecule has 5 rings (SSSR count). The van der Waals surface area contributed by atoms with Gasteiger partial charge in [0.15, 0.2) is 11.6 Å². The molecule has 246 valence electrons. The van der Waals surface area contributed by atoms with E-state index in [2.05, 4.69) is 35.8 Å². The third-order valence-electron chi connectivity index (χ3n) is 8.24. The quantitative estimate of drug-likeness (QED) is 0.272. The molecule has 0 aliphatic carbocycles. The highest BCUT2D eigenvalue weighted by atomic mass is 19.1. The van der Waals surface area contributed by atoms with Crippen LogP contribution in [0.2, 0.25) is 0 Å². The number of aromatic nitrogens is 2. The molecule has 0 spiro atoms. The lowest BCUT2D eigenvalue weighted by Gasteiger charge is -2.34. The standard InChI is InChI=1S/C31H46FN9O4/c1-31(2,3)29(42)45-16-14-40-13-8-9-22(18-40)35-24-17-21(32)11-12-23(24)36-30(43)39(5)37-27-26-28(34-19-33-27)41(20-38(26)4)25-10-6-7-15-44-25/h11-12,17,19,22,25,35H,6-10,13-16,18,20H2,1-5H3,(H,36,43)(H,33,34,37)/t22-,25?/m0/s1. The second kappa shape index (κ2) is 14.0. The molecule has 2 aromatic rings. The summed E-state index contributed by atoms with van der Waals surface area (Å²) in [6, 6.07) is 3.84. The SMILES string of the molecule is CN(Nc1ncnc2c1N(C)CN2C1CCCCO1)C(=O)Nc1ccc(F)cc1N[C@H]1CCCN(CCOC(=O)C(C)(C)C)C1. The highest BCUT2D eigenvalue weighted by molar-refractivity contribution is 5.94. The Labute approximate surface area is 264 Å². The molecule has 4 heterocycles. The number of hydrogen-bond acceptors (Lipinski definition) is 11. The maximum Gasteiger partial charge on any atom is 0.340 e. The van der Waals surface area contributed by atoms with E-state index in [1.807, 2.05) is 32.7 Å². The number of nitrogens with zero attached hydrogens (tertiary/aromatic N) is 6. The number of carbonyl (C=O) groups excluding carboxylic acids is 2. The first-order valence-electron chi connectivity index (χ1n) is 15.7. The Kier molecular flexibility index (Phi) is 10.1. The minimum absolute atomic E-state index is 0.0283. The van der Waals surface area contributed by atoms with Crippen molar-refractivity contribution in [3.8, 4) is 0 Å². The van der Waals surface area contributed by atoms with Gasteiger partial charge in [-0.25, -0.2) is 24.2 Å². The first kappa shape index (κ1) is 32.5. The summed E-state index contributed by atoms with van der Waals surface area (Å²) in [5, 5.41) is 7.63. The summed E-state index contributed by atoms with van der Waals surface area (Å²) in [5.41, 5.74) is 4.29. The molecule has 1 aromatic heterocycles. The van der Waals surface area contributed by atoms with E-state index >= 15 is 0 Å². The van der Waals surface area contributed by atoms with Crippen LogP contribution in [-0.2, 0) is 14.3 Å². The Hall–Kier alpha value is -3.91. The predicted octanol–water partition coefficient (Wildman–Crippen LogP) is 4.31. The monoisotopic (exact) mass is 627 g/mol. The number of rotatable bonds is 9. The molecular formula is C31H46FN9O4. The van der Waals surface area contributed by atoms with Gasteiger partial charge in [-0.2, -0.15) is 0 Å². The van der Waals surface area contributed by atoms with Gasteiger partial charge in [-0.3, -0.25) is 15.1 Å². The summed E-state index contributed by atoms with van der Waals surface area (Å²) in [7, 11) is 3.56. The van der Waals surface area contributed by atoms with Gasteiger partial charge in [0.2, 0.25) is 0 Å². The molecule has 3 aliphatic rings. The zero-order valence-electron chi connectivity index (χ0n) is 26.9. The third kappa shape index (κ3) is 8.03. The van der Waals surface area contributed by atoms with E-state index in [0.29, 0.717) is 43.6 Å². The second-order valence-electron chi connectivity index (χ2n) is 13.0. The van der Waals surface area contributed by atoms with Crippen molar-refractivity contribution in [2.75, 3.05) is 79.5 Å². The highest BCUT2D eigenvalue weighted by Gasteiger charge is 2.35. The van der Waals surface area contributed by atoms with Crippen molar-refractivity contribution < 1.29 is 23.5 Å². The summed E-state index contributed by atoms with van der Waals surface area (Å²) >= 11 is 0. The number of benzene rings is 1. The zero-order chi connectivity index (χ0) is 32.1. The van der Waals surface area contributed by atoms with Gasteiger partial charge in [0.25, 0.3) is 0 Å². The minimum Gasteiger partial charge on any atom is -0.464 e. The number of carbonyl (C=O) groups is 2. The fourth-order valence-electron chi connectivity index (χ4n) is 5.81. The molecule has 0 radical (unpaired) electrons. The number of nitrogens with one attached hydrogen (secondary N) is 3. The van der Waals surface area contributed by atoms with Crippen molar-refractivity contribution in [1.82, 2.24) is 19.9 Å². The number of hydrogen-bond donors (Lipinski definition) is 3. The summed E-state index contributed by atoms with van der Waals surface area (Å²) in [6.45, 7) is 9.37. The molecule has 2 atom stereocenters. The third-order valence-corrected chi connectivity index (χ3v) is 8.24. The van der Waals surface area contributed by atoms with E-state index in [-0.39, 0.29) is 18.2 Å². The maximum atomic E-state index is 14.4. The smallest absolute Gasteiger partial charge is 0.340 e. The molecule has 2 amide bonds. The number of esters is 1. The molecule has 14 heteroatoms. The topological polar surface area (TPSA) is 127 Å². The van der Waals surface area contributed by atoms with Crippen LogP contribution in [0, 0.1) is 11.2 Å². The van der Waals surface area contributed by atoms with E-state index in [1.165, 1.54) is 23.5 Å². The molecule has 2 fully saturated rings. The lowest BCUT2D eigenvalue weighted by molar-refractivity contribution is -0.153. The Morgan fingerprint density at radius 2 is 1.98 bits per heavy atom. The van der Waals surface area contributed by atoms with Crippen molar-refractivity contribution in [3.05, 3.63) is 30.3 Å². The van der Waals surface area contributed by atoms with Gasteiger partial charge in [0.05, 0.1) is 23.5 Å². The number of amides is 2. The van der Waals surface area contributed by atoms with E-state index in [9.17, 15) is 14.0 Å². The van der Waals surface area contributed by atoms with Crippen molar-refractivity contribution in [2.24, 2.45) is 5.41 Å².